The molecule has 0 aliphatic rings. The fraction of sp³-hybridized carbons (Fsp3) is 0.484. The summed E-state index contributed by atoms with van der Waals surface area (Å²) in [6, 6.07) is 7.64. The predicted molar refractivity (Wildman–Crippen MR) is 181 cm³/mol. The molecule has 3 heterocycles. The zero-order chi connectivity index (χ0) is 34.8. The number of carbonyl (C=O) groups is 1. The van der Waals surface area contributed by atoms with Gasteiger partial charge in [0.2, 0.25) is 6.41 Å². The van der Waals surface area contributed by atoms with Crippen LogP contribution in [-0.4, -0.2) is 50.2 Å². The molecule has 13 nitrogen and oxygen atoms in total. The number of methoxy groups -OCH3 is 1. The van der Waals surface area contributed by atoms with Crippen molar-refractivity contribution in [3.8, 4) is 16.8 Å². The van der Waals surface area contributed by atoms with E-state index in [1.54, 1.807) is 44.0 Å². The quantitative estimate of drug-likeness (QED) is 0.187. The smallest absolute Gasteiger partial charge is 0.332 e. The van der Waals surface area contributed by atoms with Crippen LogP contribution in [0.25, 0.3) is 15.2 Å². The van der Waals surface area contributed by atoms with Gasteiger partial charge in [0.15, 0.2) is 0 Å². The van der Waals surface area contributed by atoms with Gasteiger partial charge >= 0.3 is 5.69 Å². The lowest BCUT2D eigenvalue weighted by Crippen LogP contribution is -2.47. The maximum absolute atomic E-state index is 13.5. The van der Waals surface area contributed by atoms with Crippen LogP contribution in [0.4, 0.5) is 0 Å². The van der Waals surface area contributed by atoms with Gasteiger partial charge in [0.25, 0.3) is 5.56 Å². The summed E-state index contributed by atoms with van der Waals surface area (Å²) >= 11 is 7.52. The summed E-state index contributed by atoms with van der Waals surface area (Å²) < 4.78 is 8.44. The zero-order valence-electron chi connectivity index (χ0n) is 27.6. The summed E-state index contributed by atoms with van der Waals surface area (Å²) in [6.07, 6.45) is 4.36. The van der Waals surface area contributed by atoms with Crippen LogP contribution in [0.3, 0.4) is 0 Å². The van der Waals surface area contributed by atoms with Crippen molar-refractivity contribution in [2.75, 3.05) is 13.7 Å². The topological polar surface area (TPSA) is 166 Å². The standard InChI is InChI=1S/C22H24ClN5O3S.C5H8N2O.C4H9NO/c1-13-17-18(29)27(22(2,3)4)21(30)26(20(17)32-19(13)28-24-9-10-25-28)11-8-14-12-15(23)6-7-16(14)31-5;1-5(2,3-6)4-7-8;1-4(2)5-3-6/h6-7,9-10,12H,8,11H2,1-5H3;4H2,1-2H3;3-4H,1-2H3,(H,5,6). The van der Waals surface area contributed by atoms with Crippen LogP contribution >= 0.6 is 22.9 Å². The molecule has 4 rings (SSSR count). The van der Waals surface area contributed by atoms with E-state index in [0.29, 0.717) is 45.4 Å². The number of halogens is 1. The van der Waals surface area contributed by atoms with Crippen molar-refractivity contribution in [1.82, 2.24) is 29.4 Å². The van der Waals surface area contributed by atoms with Gasteiger partial charge in [-0.3, -0.25) is 18.7 Å². The Morgan fingerprint density at radius 2 is 1.80 bits per heavy atom. The molecule has 0 atom stereocenters. The summed E-state index contributed by atoms with van der Waals surface area (Å²) in [7, 11) is 1.60. The molecule has 0 saturated carbocycles. The van der Waals surface area contributed by atoms with E-state index in [1.165, 1.54) is 20.7 Å². The minimum absolute atomic E-state index is 0.0729. The Morgan fingerprint density at radius 1 is 1.17 bits per heavy atom. The van der Waals surface area contributed by atoms with Crippen LogP contribution in [0, 0.1) is 28.6 Å². The molecule has 1 N–H and O–H groups in total. The van der Waals surface area contributed by atoms with Gasteiger partial charge in [-0.15, -0.1) is 4.80 Å². The molecule has 46 heavy (non-hydrogen) atoms. The van der Waals surface area contributed by atoms with Gasteiger partial charge in [0, 0.05) is 28.7 Å². The van der Waals surface area contributed by atoms with Crippen molar-refractivity contribution in [3.63, 3.8) is 0 Å². The molecule has 0 spiro atoms. The molecule has 0 bridgehead atoms. The Morgan fingerprint density at radius 3 is 2.26 bits per heavy atom. The van der Waals surface area contributed by atoms with Gasteiger partial charge in [-0.25, -0.2) is 4.79 Å². The highest BCUT2D eigenvalue weighted by Gasteiger charge is 2.26. The fourth-order valence-electron chi connectivity index (χ4n) is 4.14. The van der Waals surface area contributed by atoms with Crippen LogP contribution in [0.2, 0.25) is 5.02 Å². The molecule has 0 saturated heterocycles. The SMILES string of the molecule is CC(C)(C#N)CN=O.CC(C)NC=O.COc1ccc(Cl)cc1CCn1c(=O)n(C(C)(C)C)c(=O)c2c(C)c(-n3nccn3)sc21. The second-order valence-electron chi connectivity index (χ2n) is 12.2. The minimum Gasteiger partial charge on any atom is -0.496 e. The largest absolute Gasteiger partial charge is 0.496 e. The normalized spacial score (nSPS) is 11.2. The first kappa shape index (κ1) is 37.8. The van der Waals surface area contributed by atoms with Crippen molar-refractivity contribution >= 4 is 39.6 Å². The highest BCUT2D eigenvalue weighted by Crippen LogP contribution is 2.31. The van der Waals surface area contributed by atoms with E-state index in [9.17, 15) is 19.3 Å². The van der Waals surface area contributed by atoms with Crippen molar-refractivity contribution in [2.24, 2.45) is 10.6 Å². The number of hydrogen-bond acceptors (Lipinski definition) is 10. The fourth-order valence-corrected chi connectivity index (χ4v) is 5.57. The molecule has 3 aromatic heterocycles. The first-order valence-corrected chi connectivity index (χ1v) is 15.6. The van der Waals surface area contributed by atoms with Gasteiger partial charge in [-0.1, -0.05) is 28.1 Å². The summed E-state index contributed by atoms with van der Waals surface area (Å²) in [5, 5.41) is 23.6. The molecule has 0 unspecified atom stereocenters. The van der Waals surface area contributed by atoms with E-state index in [1.807, 2.05) is 59.7 Å². The lowest BCUT2D eigenvalue weighted by Gasteiger charge is -2.23. The maximum Gasteiger partial charge on any atom is 0.332 e. The Labute approximate surface area is 276 Å². The molecule has 248 valence electrons. The van der Waals surface area contributed by atoms with Crippen LogP contribution < -0.4 is 21.3 Å². The summed E-state index contributed by atoms with van der Waals surface area (Å²) in [4.78, 5) is 48.1. The highest BCUT2D eigenvalue weighted by molar-refractivity contribution is 7.21. The number of ether oxygens (including phenoxy) is 1. The van der Waals surface area contributed by atoms with Crippen molar-refractivity contribution in [3.05, 3.63) is 72.5 Å². The second-order valence-corrected chi connectivity index (χ2v) is 13.6. The van der Waals surface area contributed by atoms with Crippen LogP contribution in [0.15, 0.2) is 45.4 Å². The molecule has 0 radical (unpaired) electrons. The number of carbonyl (C=O) groups excluding carboxylic acids is 1. The average molecular weight is 673 g/mol. The monoisotopic (exact) mass is 672 g/mol. The van der Waals surface area contributed by atoms with Crippen molar-refractivity contribution < 1.29 is 9.53 Å². The molecule has 1 aromatic carbocycles. The molecular formula is C31H41ClN8O5S. The van der Waals surface area contributed by atoms with E-state index in [-0.39, 0.29) is 23.8 Å². The average Bonchev–Trinajstić information content (AvgIpc) is 3.61. The number of nitroso groups, excluding NO2 is 1. The Balaban J connectivity index is 0.000000440. The predicted octanol–water partition coefficient (Wildman–Crippen LogP) is 5.22. The van der Waals surface area contributed by atoms with Crippen LogP contribution in [-0.2, 0) is 23.3 Å². The molecule has 0 fully saturated rings. The van der Waals surface area contributed by atoms with E-state index in [2.05, 4.69) is 20.7 Å². The number of nitrogens with zero attached hydrogens (tertiary/aromatic N) is 7. The lowest BCUT2D eigenvalue weighted by atomic mass is 9.97. The number of fused-ring (bicyclic) bond motifs is 1. The zero-order valence-corrected chi connectivity index (χ0v) is 29.2. The van der Waals surface area contributed by atoms with Crippen LogP contribution in [0.1, 0.15) is 59.6 Å². The van der Waals surface area contributed by atoms with E-state index in [0.717, 1.165) is 11.1 Å². The molecule has 0 aliphatic carbocycles. The van der Waals surface area contributed by atoms with E-state index in [4.69, 9.17) is 21.6 Å². The van der Waals surface area contributed by atoms with Gasteiger partial charge < -0.3 is 10.1 Å². The highest BCUT2D eigenvalue weighted by atomic mass is 35.5. The minimum atomic E-state index is -0.684. The van der Waals surface area contributed by atoms with Gasteiger partial charge in [0.05, 0.1) is 42.9 Å². The maximum atomic E-state index is 13.5. The second kappa shape index (κ2) is 16.3. The third-order valence-corrected chi connectivity index (χ3v) is 7.99. The van der Waals surface area contributed by atoms with E-state index >= 15 is 0 Å². The Hall–Kier alpha value is -4.35. The molecule has 4 aromatic rings. The third-order valence-electron chi connectivity index (χ3n) is 6.47. The lowest BCUT2D eigenvalue weighted by molar-refractivity contribution is -0.109. The Bertz CT molecular complexity index is 1790. The number of benzene rings is 1. The van der Waals surface area contributed by atoms with Gasteiger partial charge in [-0.2, -0.15) is 20.4 Å². The molecule has 15 heteroatoms. The molecular weight excluding hydrogens is 632 g/mol. The van der Waals surface area contributed by atoms with Crippen molar-refractivity contribution in [1.29, 1.82) is 5.26 Å². The number of nitrogens with one attached hydrogen (secondary N) is 1. The van der Waals surface area contributed by atoms with Gasteiger partial charge in [0.1, 0.15) is 15.6 Å². The summed E-state index contributed by atoms with van der Waals surface area (Å²) in [5.41, 5.74) is -0.287. The number of nitriles is 1. The molecule has 1 amide bonds. The summed E-state index contributed by atoms with van der Waals surface area (Å²) in [6.45, 7) is 15.0. The van der Waals surface area contributed by atoms with Crippen molar-refractivity contribution in [2.45, 2.75) is 79.9 Å². The number of amides is 1. The number of thiophene rings is 1. The Kier molecular flexibility index (Phi) is 13.4. The number of rotatable bonds is 9. The third kappa shape index (κ3) is 9.58. The number of hydrogen-bond donors (Lipinski definition) is 1. The number of aryl methyl sites for hydroxylation is 3. The number of aromatic nitrogens is 5. The first-order chi connectivity index (χ1) is 21.5. The van der Waals surface area contributed by atoms with E-state index < -0.39 is 11.0 Å². The molecule has 0 aliphatic heterocycles. The summed E-state index contributed by atoms with van der Waals surface area (Å²) in [5.74, 6) is 0.701. The van der Waals surface area contributed by atoms with Crippen LogP contribution in [0.5, 0.6) is 5.75 Å². The first-order valence-electron chi connectivity index (χ1n) is 14.4. The van der Waals surface area contributed by atoms with Gasteiger partial charge in [-0.05, 0) is 85.6 Å².